The first-order chi connectivity index (χ1) is 16.3. The number of halogens is 1. The number of nitrogens with zero attached hydrogens (tertiary/aromatic N) is 2. The van der Waals surface area contributed by atoms with Gasteiger partial charge in [-0.2, -0.15) is 0 Å². The van der Waals surface area contributed by atoms with Crippen molar-refractivity contribution in [2.24, 2.45) is 0 Å². The van der Waals surface area contributed by atoms with Crippen molar-refractivity contribution in [2.75, 3.05) is 0 Å². The zero-order valence-electron chi connectivity index (χ0n) is 17.7. The third-order valence-electron chi connectivity index (χ3n) is 6.56. The first-order valence-corrected chi connectivity index (χ1v) is 11.9. The molecule has 2 heterocycles. The van der Waals surface area contributed by atoms with Gasteiger partial charge in [-0.3, -0.25) is 0 Å². The van der Waals surface area contributed by atoms with Gasteiger partial charge in [-0.1, -0.05) is 76.6 Å². The fraction of sp³-hybridized carbons (Fsp3) is 0. The largest absolute Gasteiger partial charge is 0.309 e. The summed E-state index contributed by atoms with van der Waals surface area (Å²) < 4.78 is 5.85. The summed E-state index contributed by atoms with van der Waals surface area (Å²) in [5, 5.41) is 5.05. The van der Waals surface area contributed by atoms with Gasteiger partial charge in [0, 0.05) is 37.4 Å². The van der Waals surface area contributed by atoms with Gasteiger partial charge in [-0.25, -0.2) is 0 Å². The van der Waals surface area contributed by atoms with Crippen LogP contribution in [0, 0.1) is 0 Å². The van der Waals surface area contributed by atoms with Crippen molar-refractivity contribution >= 4 is 59.5 Å². The molecule has 0 saturated heterocycles. The number of para-hydroxylation sites is 3. The molecule has 0 saturated carbocycles. The van der Waals surface area contributed by atoms with Gasteiger partial charge in [0.2, 0.25) is 0 Å². The van der Waals surface area contributed by atoms with E-state index in [0.29, 0.717) is 0 Å². The highest BCUT2D eigenvalue weighted by Crippen LogP contribution is 2.37. The molecule has 7 rings (SSSR count). The van der Waals surface area contributed by atoms with E-state index in [1.165, 1.54) is 49.3 Å². The number of hydrogen-bond acceptors (Lipinski definition) is 0. The van der Waals surface area contributed by atoms with Crippen LogP contribution in [0.3, 0.4) is 0 Å². The van der Waals surface area contributed by atoms with Crippen LogP contribution < -0.4 is 0 Å². The van der Waals surface area contributed by atoms with Crippen LogP contribution >= 0.6 is 15.9 Å². The van der Waals surface area contributed by atoms with E-state index >= 15 is 0 Å². The van der Waals surface area contributed by atoms with Crippen molar-refractivity contribution in [3.63, 3.8) is 0 Å². The van der Waals surface area contributed by atoms with Crippen LogP contribution in [0.2, 0.25) is 0 Å². The highest BCUT2D eigenvalue weighted by molar-refractivity contribution is 9.10. The quantitative estimate of drug-likeness (QED) is 0.231. The molecule has 0 aliphatic carbocycles. The fourth-order valence-corrected chi connectivity index (χ4v) is 5.54. The zero-order chi connectivity index (χ0) is 21.9. The molecule has 0 unspecified atom stereocenters. The number of hydrogen-bond donors (Lipinski definition) is 0. The minimum Gasteiger partial charge on any atom is -0.309 e. The average Bonchev–Trinajstić information content (AvgIpc) is 3.37. The van der Waals surface area contributed by atoms with Gasteiger partial charge in [0.05, 0.1) is 22.1 Å². The Bertz CT molecular complexity index is 1820. The van der Waals surface area contributed by atoms with E-state index in [0.717, 1.165) is 10.2 Å². The molecule has 2 aromatic heterocycles. The Kier molecular flexibility index (Phi) is 4.02. The lowest BCUT2D eigenvalue weighted by Gasteiger charge is -2.11. The van der Waals surface area contributed by atoms with Crippen LogP contribution in [0.5, 0.6) is 0 Å². The monoisotopic (exact) mass is 486 g/mol. The lowest BCUT2D eigenvalue weighted by Crippen LogP contribution is -1.96. The Morgan fingerprint density at radius 3 is 1.73 bits per heavy atom. The summed E-state index contributed by atoms with van der Waals surface area (Å²) in [7, 11) is 0. The van der Waals surface area contributed by atoms with Gasteiger partial charge < -0.3 is 9.13 Å². The van der Waals surface area contributed by atoms with E-state index in [9.17, 15) is 0 Å². The highest BCUT2D eigenvalue weighted by atomic mass is 79.9. The molecule has 0 spiro atoms. The van der Waals surface area contributed by atoms with Gasteiger partial charge in [-0.15, -0.1) is 0 Å². The van der Waals surface area contributed by atoms with Crippen LogP contribution in [-0.2, 0) is 0 Å². The number of rotatable bonds is 2. The molecule has 7 aromatic rings. The van der Waals surface area contributed by atoms with Crippen LogP contribution in [0.25, 0.3) is 55.0 Å². The van der Waals surface area contributed by atoms with Gasteiger partial charge in [-0.05, 0) is 54.6 Å². The van der Waals surface area contributed by atoms with Crippen LogP contribution in [0.15, 0.2) is 120 Å². The van der Waals surface area contributed by atoms with E-state index in [-0.39, 0.29) is 0 Å². The molecule has 0 amide bonds. The first kappa shape index (κ1) is 18.7. The van der Waals surface area contributed by atoms with Crippen molar-refractivity contribution in [1.29, 1.82) is 0 Å². The molecule has 0 aliphatic heterocycles. The molecule has 0 fully saturated rings. The molecule has 5 aromatic carbocycles. The molecule has 0 radical (unpaired) electrons. The van der Waals surface area contributed by atoms with E-state index in [4.69, 9.17) is 0 Å². The number of benzene rings is 5. The molecule has 0 bridgehead atoms. The number of fused-ring (bicyclic) bond motifs is 6. The second-order valence-corrected chi connectivity index (χ2v) is 9.32. The minimum absolute atomic E-state index is 1.09. The zero-order valence-corrected chi connectivity index (χ0v) is 19.3. The second kappa shape index (κ2) is 7.09. The summed E-state index contributed by atoms with van der Waals surface area (Å²) in [6, 6.07) is 41.3. The molecular formula is C30H19BrN2. The standard InChI is InChI=1S/C30H19BrN2/c31-20-14-17-29-26(18-20)24-11-5-7-13-28(24)33(29)22-15-16-25-23-10-4-6-12-27(23)32(30(25)19-22)21-8-2-1-3-9-21/h1-19H. The van der Waals surface area contributed by atoms with Crippen molar-refractivity contribution in [3.05, 3.63) is 120 Å². The summed E-state index contributed by atoms with van der Waals surface area (Å²) in [6.07, 6.45) is 0. The first-order valence-electron chi connectivity index (χ1n) is 11.1. The summed E-state index contributed by atoms with van der Waals surface area (Å²) >= 11 is 3.66. The highest BCUT2D eigenvalue weighted by Gasteiger charge is 2.16. The molecule has 2 nitrogen and oxygen atoms in total. The van der Waals surface area contributed by atoms with Gasteiger partial charge in [0.1, 0.15) is 0 Å². The average molecular weight is 487 g/mol. The normalized spacial score (nSPS) is 11.8. The third kappa shape index (κ3) is 2.73. The van der Waals surface area contributed by atoms with Gasteiger partial charge in [0.15, 0.2) is 0 Å². The SMILES string of the molecule is Brc1ccc2c(c1)c1ccccc1n2-c1ccc2c3ccccc3n(-c3ccccc3)c2c1. The summed E-state index contributed by atoms with van der Waals surface area (Å²) in [5.74, 6) is 0. The summed E-state index contributed by atoms with van der Waals surface area (Å²) in [5.41, 5.74) is 7.20. The molecule has 33 heavy (non-hydrogen) atoms. The lowest BCUT2D eigenvalue weighted by atomic mass is 10.1. The Morgan fingerprint density at radius 1 is 0.394 bits per heavy atom. The van der Waals surface area contributed by atoms with E-state index in [1.54, 1.807) is 0 Å². The molecule has 0 N–H and O–H groups in total. The van der Waals surface area contributed by atoms with Gasteiger partial charge >= 0.3 is 0 Å². The maximum absolute atomic E-state index is 3.66. The molecule has 156 valence electrons. The van der Waals surface area contributed by atoms with E-state index in [2.05, 4.69) is 140 Å². The summed E-state index contributed by atoms with van der Waals surface area (Å²) in [6.45, 7) is 0. The molecule has 3 heteroatoms. The Hall–Kier alpha value is -3.82. The smallest absolute Gasteiger partial charge is 0.0561 e. The van der Waals surface area contributed by atoms with Gasteiger partial charge in [0.25, 0.3) is 0 Å². The van der Waals surface area contributed by atoms with Crippen molar-refractivity contribution in [2.45, 2.75) is 0 Å². The van der Waals surface area contributed by atoms with Crippen LogP contribution in [-0.4, -0.2) is 9.13 Å². The predicted molar refractivity (Wildman–Crippen MR) is 143 cm³/mol. The Morgan fingerprint density at radius 2 is 0.970 bits per heavy atom. The molecular weight excluding hydrogens is 468 g/mol. The van der Waals surface area contributed by atoms with Crippen LogP contribution in [0.1, 0.15) is 0 Å². The number of aromatic nitrogens is 2. The maximum Gasteiger partial charge on any atom is 0.0561 e. The van der Waals surface area contributed by atoms with Crippen molar-refractivity contribution in [1.82, 2.24) is 9.13 Å². The Labute approximate surface area is 199 Å². The lowest BCUT2D eigenvalue weighted by molar-refractivity contribution is 1.15. The maximum atomic E-state index is 3.66. The van der Waals surface area contributed by atoms with E-state index in [1.807, 2.05) is 0 Å². The minimum atomic E-state index is 1.09. The second-order valence-electron chi connectivity index (χ2n) is 8.40. The predicted octanol–water partition coefficient (Wildman–Crippen LogP) is 8.64. The Balaban J connectivity index is 1.61. The van der Waals surface area contributed by atoms with Crippen molar-refractivity contribution in [3.8, 4) is 11.4 Å². The van der Waals surface area contributed by atoms with Crippen molar-refractivity contribution < 1.29 is 0 Å². The summed E-state index contributed by atoms with van der Waals surface area (Å²) in [4.78, 5) is 0. The topological polar surface area (TPSA) is 9.86 Å². The molecule has 0 aliphatic rings. The fourth-order valence-electron chi connectivity index (χ4n) is 5.18. The van der Waals surface area contributed by atoms with Crippen LogP contribution in [0.4, 0.5) is 0 Å². The van der Waals surface area contributed by atoms with E-state index < -0.39 is 0 Å². The third-order valence-corrected chi connectivity index (χ3v) is 7.06. The molecule has 0 atom stereocenters.